The van der Waals surface area contributed by atoms with Crippen LogP contribution in [0.3, 0.4) is 0 Å². The molecule has 0 spiro atoms. The monoisotopic (exact) mass is 351 g/mol. The molecular formula is C18H21N7O. The van der Waals surface area contributed by atoms with E-state index < -0.39 is 0 Å². The van der Waals surface area contributed by atoms with Crippen molar-refractivity contribution in [2.75, 3.05) is 20.6 Å². The fourth-order valence-electron chi connectivity index (χ4n) is 3.44. The molecule has 1 aromatic carbocycles. The fraction of sp³-hybridized carbons (Fsp3) is 0.389. The standard InChI is InChI=1S/C18H21N7O/c1-24(2)11-13-9-19-10-16(20-13)17-4-3-7-25(17)18(26)12-5-6-14-15(8-12)22-23-21-14/h5-6,8-10,17H,3-4,7,11H2,1-2H3,(H,21,22,23). The number of aromatic nitrogens is 5. The van der Waals surface area contributed by atoms with Crippen LogP contribution in [0.1, 0.15) is 40.6 Å². The quantitative estimate of drug-likeness (QED) is 0.770. The molecule has 1 aliphatic heterocycles. The molecule has 0 radical (unpaired) electrons. The lowest BCUT2D eigenvalue weighted by Crippen LogP contribution is -2.31. The van der Waals surface area contributed by atoms with Crippen molar-refractivity contribution in [1.29, 1.82) is 0 Å². The molecule has 1 N–H and O–H groups in total. The van der Waals surface area contributed by atoms with E-state index in [1.54, 1.807) is 24.5 Å². The van der Waals surface area contributed by atoms with Crippen LogP contribution < -0.4 is 0 Å². The maximum Gasteiger partial charge on any atom is 0.254 e. The Hall–Kier alpha value is -2.87. The van der Waals surface area contributed by atoms with Gasteiger partial charge in [-0.25, -0.2) is 0 Å². The van der Waals surface area contributed by atoms with E-state index in [2.05, 4.69) is 25.3 Å². The van der Waals surface area contributed by atoms with Crippen molar-refractivity contribution < 1.29 is 4.79 Å². The Balaban J connectivity index is 1.60. The van der Waals surface area contributed by atoms with E-state index >= 15 is 0 Å². The van der Waals surface area contributed by atoms with Crippen molar-refractivity contribution in [3.63, 3.8) is 0 Å². The van der Waals surface area contributed by atoms with Crippen LogP contribution in [-0.4, -0.2) is 61.7 Å². The Morgan fingerprint density at radius 3 is 2.96 bits per heavy atom. The van der Waals surface area contributed by atoms with E-state index in [-0.39, 0.29) is 11.9 Å². The summed E-state index contributed by atoms with van der Waals surface area (Å²) in [5.41, 5.74) is 3.84. The number of nitrogens with one attached hydrogen (secondary N) is 1. The van der Waals surface area contributed by atoms with Crippen LogP contribution in [0.25, 0.3) is 11.0 Å². The number of fused-ring (bicyclic) bond motifs is 1. The van der Waals surface area contributed by atoms with Gasteiger partial charge in [-0.2, -0.15) is 15.4 Å². The molecule has 1 saturated heterocycles. The molecule has 4 rings (SSSR count). The van der Waals surface area contributed by atoms with Gasteiger partial charge in [0.2, 0.25) is 0 Å². The lowest BCUT2D eigenvalue weighted by molar-refractivity contribution is 0.0732. The molecule has 1 aliphatic rings. The molecule has 26 heavy (non-hydrogen) atoms. The normalized spacial score (nSPS) is 17.3. The fourth-order valence-corrected chi connectivity index (χ4v) is 3.44. The summed E-state index contributed by atoms with van der Waals surface area (Å²) in [5, 5.41) is 10.7. The highest BCUT2D eigenvalue weighted by molar-refractivity contribution is 5.97. The molecule has 0 aliphatic carbocycles. The minimum Gasteiger partial charge on any atom is -0.330 e. The highest BCUT2D eigenvalue weighted by atomic mass is 16.2. The molecule has 3 aromatic rings. The number of amides is 1. The van der Waals surface area contributed by atoms with Gasteiger partial charge >= 0.3 is 0 Å². The Bertz CT molecular complexity index is 936. The zero-order valence-electron chi connectivity index (χ0n) is 14.9. The number of rotatable bonds is 4. The minimum atomic E-state index is -0.0369. The Morgan fingerprint density at radius 1 is 1.27 bits per heavy atom. The summed E-state index contributed by atoms with van der Waals surface area (Å²) in [6, 6.07) is 5.36. The van der Waals surface area contributed by atoms with Crippen LogP contribution in [0.5, 0.6) is 0 Å². The number of carbonyl (C=O) groups is 1. The van der Waals surface area contributed by atoms with Crippen molar-refractivity contribution >= 4 is 16.9 Å². The summed E-state index contributed by atoms with van der Waals surface area (Å²) in [4.78, 5) is 26.1. The molecule has 1 atom stereocenters. The molecule has 1 fully saturated rings. The molecule has 1 amide bonds. The lowest BCUT2D eigenvalue weighted by atomic mass is 10.1. The first-order chi connectivity index (χ1) is 12.6. The number of aromatic amines is 1. The number of likely N-dealkylation sites (tertiary alicyclic amines) is 1. The van der Waals surface area contributed by atoms with Gasteiger partial charge in [0.1, 0.15) is 11.0 Å². The Kier molecular flexibility index (Phi) is 4.34. The van der Waals surface area contributed by atoms with E-state index in [0.717, 1.165) is 42.8 Å². The number of carbonyl (C=O) groups excluding carboxylic acids is 1. The van der Waals surface area contributed by atoms with Crippen LogP contribution in [0.4, 0.5) is 0 Å². The van der Waals surface area contributed by atoms with Gasteiger partial charge in [-0.05, 0) is 45.1 Å². The molecule has 134 valence electrons. The molecule has 8 heteroatoms. The molecule has 1 unspecified atom stereocenters. The molecule has 2 aromatic heterocycles. The number of hydrogen-bond acceptors (Lipinski definition) is 6. The highest BCUT2D eigenvalue weighted by Gasteiger charge is 2.32. The van der Waals surface area contributed by atoms with Crippen molar-refractivity contribution in [3.05, 3.63) is 47.5 Å². The van der Waals surface area contributed by atoms with Gasteiger partial charge in [0.25, 0.3) is 5.91 Å². The molecule has 8 nitrogen and oxygen atoms in total. The Labute approximate surface area is 151 Å². The topological polar surface area (TPSA) is 90.9 Å². The smallest absolute Gasteiger partial charge is 0.254 e. The van der Waals surface area contributed by atoms with E-state index in [1.165, 1.54) is 0 Å². The van der Waals surface area contributed by atoms with Crippen LogP contribution >= 0.6 is 0 Å². The number of nitrogens with zero attached hydrogens (tertiary/aromatic N) is 6. The number of benzene rings is 1. The van der Waals surface area contributed by atoms with Gasteiger partial charge in [-0.1, -0.05) is 0 Å². The number of hydrogen-bond donors (Lipinski definition) is 1. The third-order valence-corrected chi connectivity index (χ3v) is 4.60. The van der Waals surface area contributed by atoms with Gasteiger partial charge < -0.3 is 9.80 Å². The first-order valence-electron chi connectivity index (χ1n) is 8.69. The highest BCUT2D eigenvalue weighted by Crippen LogP contribution is 2.32. The third kappa shape index (κ3) is 3.15. The van der Waals surface area contributed by atoms with Crippen LogP contribution in [0.15, 0.2) is 30.6 Å². The van der Waals surface area contributed by atoms with Crippen molar-refractivity contribution in [1.82, 2.24) is 35.2 Å². The Morgan fingerprint density at radius 2 is 2.12 bits per heavy atom. The molecule has 3 heterocycles. The predicted octanol–water partition coefficient (Wildman–Crippen LogP) is 1.79. The van der Waals surface area contributed by atoms with Gasteiger partial charge in [0.15, 0.2) is 0 Å². The summed E-state index contributed by atoms with van der Waals surface area (Å²) in [7, 11) is 4.00. The van der Waals surface area contributed by atoms with Gasteiger partial charge in [0.05, 0.1) is 23.6 Å². The molecular weight excluding hydrogens is 330 g/mol. The van der Waals surface area contributed by atoms with E-state index in [9.17, 15) is 4.79 Å². The van der Waals surface area contributed by atoms with E-state index in [0.29, 0.717) is 11.1 Å². The van der Waals surface area contributed by atoms with Crippen LogP contribution in [0, 0.1) is 0 Å². The summed E-state index contributed by atoms with van der Waals surface area (Å²) in [6.45, 7) is 1.45. The van der Waals surface area contributed by atoms with Crippen LogP contribution in [-0.2, 0) is 6.54 Å². The third-order valence-electron chi connectivity index (χ3n) is 4.60. The van der Waals surface area contributed by atoms with Crippen molar-refractivity contribution in [2.45, 2.75) is 25.4 Å². The maximum atomic E-state index is 13.1. The summed E-state index contributed by atoms with van der Waals surface area (Å²) in [5.74, 6) is -0.00258. The largest absolute Gasteiger partial charge is 0.330 e. The second kappa shape index (κ2) is 6.80. The zero-order chi connectivity index (χ0) is 18.1. The average molecular weight is 351 g/mol. The minimum absolute atomic E-state index is 0.00258. The first-order valence-corrected chi connectivity index (χ1v) is 8.69. The lowest BCUT2D eigenvalue weighted by Gasteiger charge is -2.24. The molecule has 0 saturated carbocycles. The zero-order valence-corrected chi connectivity index (χ0v) is 14.9. The molecule has 0 bridgehead atoms. The first kappa shape index (κ1) is 16.6. The van der Waals surface area contributed by atoms with E-state index in [4.69, 9.17) is 4.98 Å². The summed E-state index contributed by atoms with van der Waals surface area (Å²) < 4.78 is 0. The number of H-pyrrole nitrogens is 1. The second-order valence-electron chi connectivity index (χ2n) is 6.86. The predicted molar refractivity (Wildman–Crippen MR) is 96.3 cm³/mol. The van der Waals surface area contributed by atoms with Gasteiger partial charge in [-0.3, -0.25) is 14.8 Å². The van der Waals surface area contributed by atoms with E-state index in [1.807, 2.05) is 25.1 Å². The average Bonchev–Trinajstić information content (AvgIpc) is 3.29. The van der Waals surface area contributed by atoms with Gasteiger partial charge in [-0.15, -0.1) is 0 Å². The summed E-state index contributed by atoms with van der Waals surface area (Å²) >= 11 is 0. The van der Waals surface area contributed by atoms with Crippen molar-refractivity contribution in [2.24, 2.45) is 0 Å². The summed E-state index contributed by atoms with van der Waals surface area (Å²) in [6.07, 6.45) is 5.42. The SMILES string of the molecule is CN(C)Cc1cncc(C2CCCN2C(=O)c2ccc3n[nH]nc3c2)n1. The van der Waals surface area contributed by atoms with Gasteiger partial charge in [0, 0.05) is 24.8 Å². The second-order valence-corrected chi connectivity index (χ2v) is 6.86. The maximum absolute atomic E-state index is 13.1. The van der Waals surface area contributed by atoms with Crippen LogP contribution in [0.2, 0.25) is 0 Å². The van der Waals surface area contributed by atoms with Crippen molar-refractivity contribution in [3.8, 4) is 0 Å².